The van der Waals surface area contributed by atoms with Gasteiger partial charge in [0.25, 0.3) is 10.0 Å². The maximum atomic E-state index is 13.3. The van der Waals surface area contributed by atoms with E-state index in [1.54, 1.807) is 17.5 Å². The summed E-state index contributed by atoms with van der Waals surface area (Å²) in [5, 5.41) is 1.63. The van der Waals surface area contributed by atoms with Gasteiger partial charge in [-0.3, -0.25) is 4.79 Å². The van der Waals surface area contributed by atoms with Crippen LogP contribution in [0.4, 0.5) is 4.39 Å². The summed E-state index contributed by atoms with van der Waals surface area (Å²) in [5.74, 6) is -1.15. The number of methoxy groups -OCH3 is 1. The van der Waals surface area contributed by atoms with Crippen LogP contribution in [0.25, 0.3) is 0 Å². The average molecular weight is 343 g/mol. The number of halogens is 1. The molecule has 1 aromatic heterocycles. The molecule has 0 radical (unpaired) electrons. The lowest BCUT2D eigenvalue weighted by Gasteiger charge is -2.20. The van der Waals surface area contributed by atoms with Crippen LogP contribution in [0.5, 0.6) is 0 Å². The van der Waals surface area contributed by atoms with Gasteiger partial charge in [-0.2, -0.15) is 4.31 Å². The average Bonchev–Trinajstić information content (AvgIpc) is 3.01. The van der Waals surface area contributed by atoms with Gasteiger partial charge in [0, 0.05) is 6.54 Å². The number of rotatable bonds is 6. The molecule has 0 N–H and O–H groups in total. The van der Waals surface area contributed by atoms with Crippen LogP contribution in [0.15, 0.2) is 46.0 Å². The van der Waals surface area contributed by atoms with E-state index in [-0.39, 0.29) is 10.8 Å². The number of sulfonamides is 1. The van der Waals surface area contributed by atoms with Crippen molar-refractivity contribution in [2.75, 3.05) is 13.7 Å². The Bertz CT molecular complexity index is 744. The molecule has 5 nitrogen and oxygen atoms in total. The topological polar surface area (TPSA) is 63.7 Å². The zero-order valence-electron chi connectivity index (χ0n) is 11.7. The molecule has 0 unspecified atom stereocenters. The van der Waals surface area contributed by atoms with Crippen molar-refractivity contribution < 1.29 is 22.3 Å². The number of hydrogen-bond acceptors (Lipinski definition) is 5. The van der Waals surface area contributed by atoms with E-state index >= 15 is 0 Å². The molecule has 0 saturated heterocycles. The molecule has 2 rings (SSSR count). The number of esters is 1. The third-order valence-corrected chi connectivity index (χ3v) is 6.04. The van der Waals surface area contributed by atoms with E-state index in [1.807, 2.05) is 0 Å². The first-order valence-electron chi connectivity index (χ1n) is 6.28. The first kappa shape index (κ1) is 16.6. The molecule has 0 aliphatic carbocycles. The number of carbonyl (C=O) groups excluding carboxylic acids is 1. The molecule has 0 spiro atoms. The summed E-state index contributed by atoms with van der Waals surface area (Å²) in [7, 11) is -2.66. The second-order valence-corrected chi connectivity index (χ2v) is 7.52. The van der Waals surface area contributed by atoms with Crippen molar-refractivity contribution in [1.29, 1.82) is 0 Å². The molecule has 0 saturated carbocycles. The van der Waals surface area contributed by atoms with Crippen LogP contribution in [0.3, 0.4) is 0 Å². The molecular weight excluding hydrogens is 329 g/mol. The fourth-order valence-electron chi connectivity index (χ4n) is 1.81. The van der Waals surface area contributed by atoms with E-state index in [9.17, 15) is 17.6 Å². The summed E-state index contributed by atoms with van der Waals surface area (Å²) in [6.45, 7) is -0.555. The molecule has 8 heteroatoms. The van der Waals surface area contributed by atoms with Crippen LogP contribution in [0.2, 0.25) is 0 Å². The predicted molar refractivity (Wildman–Crippen MR) is 80.3 cm³/mol. The standard InChI is InChI=1S/C14H14FNO4S2/c1-20-13(17)10-16(9-11-4-2-5-12(15)8-11)22(18,19)14-6-3-7-21-14/h2-8H,9-10H2,1H3. The Morgan fingerprint density at radius 3 is 2.68 bits per heavy atom. The Kier molecular flexibility index (Phi) is 5.28. The number of ether oxygens (including phenoxy) is 1. The van der Waals surface area contributed by atoms with Gasteiger partial charge in [0.1, 0.15) is 16.6 Å². The molecule has 22 heavy (non-hydrogen) atoms. The first-order valence-corrected chi connectivity index (χ1v) is 8.60. The first-order chi connectivity index (χ1) is 10.4. The molecule has 0 atom stereocenters. The highest BCUT2D eigenvalue weighted by molar-refractivity contribution is 7.91. The van der Waals surface area contributed by atoms with Crippen molar-refractivity contribution >= 4 is 27.3 Å². The zero-order chi connectivity index (χ0) is 16.2. The molecule has 1 heterocycles. The van der Waals surface area contributed by atoms with Crippen molar-refractivity contribution in [1.82, 2.24) is 4.31 Å². The molecule has 0 aliphatic rings. The summed E-state index contributed by atoms with van der Waals surface area (Å²) in [4.78, 5) is 11.5. The van der Waals surface area contributed by atoms with Crippen LogP contribution in [-0.4, -0.2) is 32.3 Å². The molecule has 118 valence electrons. The summed E-state index contributed by atoms with van der Waals surface area (Å²) in [5.41, 5.74) is 0.448. The van der Waals surface area contributed by atoms with Crippen LogP contribution >= 0.6 is 11.3 Å². The van der Waals surface area contributed by atoms with Gasteiger partial charge in [-0.1, -0.05) is 18.2 Å². The Labute approximate surface area is 132 Å². The van der Waals surface area contributed by atoms with E-state index in [4.69, 9.17) is 0 Å². The molecule has 2 aromatic rings. The molecule has 0 fully saturated rings. The fourth-order valence-corrected chi connectivity index (χ4v) is 4.33. The highest BCUT2D eigenvalue weighted by Gasteiger charge is 2.28. The quantitative estimate of drug-likeness (QED) is 0.755. The third-order valence-electron chi connectivity index (χ3n) is 2.87. The van der Waals surface area contributed by atoms with Crippen molar-refractivity contribution in [2.45, 2.75) is 10.8 Å². The van der Waals surface area contributed by atoms with Gasteiger partial charge in [-0.25, -0.2) is 12.8 Å². The smallest absolute Gasteiger partial charge is 0.321 e. The number of benzene rings is 1. The van der Waals surface area contributed by atoms with Gasteiger partial charge in [-0.15, -0.1) is 11.3 Å². The van der Waals surface area contributed by atoms with Crippen LogP contribution in [-0.2, 0) is 26.1 Å². The third kappa shape index (κ3) is 3.90. The summed E-state index contributed by atoms with van der Waals surface area (Å²) < 4.78 is 44.0. The maximum Gasteiger partial charge on any atom is 0.321 e. The summed E-state index contributed by atoms with van der Waals surface area (Å²) >= 11 is 1.05. The fraction of sp³-hybridized carbons (Fsp3) is 0.214. The molecular formula is C14H14FNO4S2. The Balaban J connectivity index is 2.32. The summed E-state index contributed by atoms with van der Waals surface area (Å²) in [6.07, 6.45) is 0. The molecule has 0 bridgehead atoms. The Hall–Kier alpha value is -1.77. The van der Waals surface area contributed by atoms with Crippen molar-refractivity contribution in [3.05, 3.63) is 53.2 Å². The molecule has 1 aromatic carbocycles. The highest BCUT2D eigenvalue weighted by atomic mass is 32.2. The summed E-state index contributed by atoms with van der Waals surface area (Å²) in [6, 6.07) is 8.64. The number of thiophene rings is 1. The SMILES string of the molecule is COC(=O)CN(Cc1cccc(F)c1)S(=O)(=O)c1cccs1. The minimum Gasteiger partial charge on any atom is -0.468 e. The largest absolute Gasteiger partial charge is 0.468 e. The van der Waals surface area contributed by atoms with Crippen molar-refractivity contribution in [3.63, 3.8) is 0 Å². The van der Waals surface area contributed by atoms with Gasteiger partial charge in [0.15, 0.2) is 0 Å². The number of carbonyl (C=O) groups is 1. The van der Waals surface area contributed by atoms with E-state index in [1.165, 1.54) is 31.4 Å². The van der Waals surface area contributed by atoms with Crippen LogP contribution in [0, 0.1) is 5.82 Å². The Morgan fingerprint density at radius 2 is 2.09 bits per heavy atom. The second-order valence-electron chi connectivity index (χ2n) is 4.41. The second kappa shape index (κ2) is 6.99. The van der Waals surface area contributed by atoms with E-state index in [0.29, 0.717) is 5.56 Å². The van der Waals surface area contributed by atoms with Gasteiger partial charge in [-0.05, 0) is 29.1 Å². The highest BCUT2D eigenvalue weighted by Crippen LogP contribution is 2.22. The van der Waals surface area contributed by atoms with Crippen molar-refractivity contribution in [3.8, 4) is 0 Å². The molecule has 0 amide bonds. The lowest BCUT2D eigenvalue weighted by atomic mass is 10.2. The predicted octanol–water partition coefficient (Wildman–Crippen LogP) is 2.25. The lowest BCUT2D eigenvalue weighted by Crippen LogP contribution is -2.35. The lowest BCUT2D eigenvalue weighted by molar-refractivity contribution is -0.140. The van der Waals surface area contributed by atoms with Gasteiger partial charge in [0.05, 0.1) is 7.11 Å². The van der Waals surface area contributed by atoms with Crippen molar-refractivity contribution in [2.24, 2.45) is 0 Å². The Morgan fingerprint density at radius 1 is 1.32 bits per heavy atom. The number of hydrogen-bond donors (Lipinski definition) is 0. The van der Waals surface area contributed by atoms with Crippen LogP contribution < -0.4 is 0 Å². The van der Waals surface area contributed by atoms with E-state index < -0.39 is 28.4 Å². The van der Waals surface area contributed by atoms with Gasteiger partial charge in [0.2, 0.25) is 0 Å². The van der Waals surface area contributed by atoms with Gasteiger partial charge >= 0.3 is 5.97 Å². The maximum absolute atomic E-state index is 13.3. The van der Waals surface area contributed by atoms with Gasteiger partial charge < -0.3 is 4.74 Å². The zero-order valence-corrected chi connectivity index (χ0v) is 13.4. The molecule has 0 aliphatic heterocycles. The number of nitrogens with zero attached hydrogens (tertiary/aromatic N) is 1. The minimum absolute atomic E-state index is 0.118. The minimum atomic E-state index is -3.85. The van der Waals surface area contributed by atoms with Crippen LogP contribution in [0.1, 0.15) is 5.56 Å². The monoisotopic (exact) mass is 343 g/mol. The van der Waals surface area contributed by atoms with E-state index in [2.05, 4.69) is 4.74 Å². The normalized spacial score (nSPS) is 11.6. The van der Waals surface area contributed by atoms with E-state index in [0.717, 1.165) is 15.6 Å².